The molecular weight excluding hydrogens is 376 g/mol. The van der Waals surface area contributed by atoms with Crippen molar-refractivity contribution in [1.29, 1.82) is 0 Å². The molecule has 4 unspecified atom stereocenters. The zero-order valence-electron chi connectivity index (χ0n) is 16.1. The predicted octanol–water partition coefficient (Wildman–Crippen LogP) is -1.19. The van der Waals surface area contributed by atoms with E-state index in [0.29, 0.717) is 26.1 Å². The van der Waals surface area contributed by atoms with Crippen LogP contribution in [0.1, 0.15) is 12.0 Å². The number of ether oxygens (including phenoxy) is 1. The Hall–Kier alpha value is -2.82. The van der Waals surface area contributed by atoms with Crippen molar-refractivity contribution >= 4 is 11.8 Å². The third-order valence-corrected chi connectivity index (χ3v) is 6.05. The van der Waals surface area contributed by atoms with Crippen LogP contribution in [0.5, 0.6) is 0 Å². The smallest absolute Gasteiger partial charge is 0.263 e. The second-order valence-electron chi connectivity index (χ2n) is 7.55. The number of rotatable bonds is 5. The van der Waals surface area contributed by atoms with Crippen molar-refractivity contribution in [3.05, 3.63) is 48.3 Å². The van der Waals surface area contributed by atoms with Gasteiger partial charge < -0.3 is 20.5 Å². The average molecular weight is 400 g/mol. The molecule has 2 fully saturated rings. The number of nitrogens with one attached hydrogen (secondary N) is 1. The number of hydrogen-bond donors (Lipinski definition) is 3. The molecule has 4 atom stereocenters. The quantitative estimate of drug-likeness (QED) is 0.574. The van der Waals surface area contributed by atoms with E-state index in [1.807, 2.05) is 30.3 Å². The molecule has 0 aliphatic carbocycles. The van der Waals surface area contributed by atoms with Crippen LogP contribution in [0.15, 0.2) is 42.7 Å². The van der Waals surface area contributed by atoms with Gasteiger partial charge in [0.15, 0.2) is 6.10 Å². The van der Waals surface area contributed by atoms with E-state index in [2.05, 4.69) is 15.6 Å². The largest absolute Gasteiger partial charge is 0.381 e. The van der Waals surface area contributed by atoms with Gasteiger partial charge in [0.05, 0.1) is 12.8 Å². The zero-order valence-corrected chi connectivity index (χ0v) is 16.1. The Labute approximate surface area is 167 Å². The molecular formula is C19H24N6O4. The van der Waals surface area contributed by atoms with Gasteiger partial charge in [-0.3, -0.25) is 14.9 Å². The molecule has 3 heterocycles. The van der Waals surface area contributed by atoms with Crippen molar-refractivity contribution in [1.82, 2.24) is 25.2 Å². The molecule has 0 saturated carbocycles. The maximum Gasteiger partial charge on any atom is 0.263 e. The predicted molar refractivity (Wildman–Crippen MR) is 101 cm³/mol. The molecule has 10 heteroatoms. The minimum Gasteiger partial charge on any atom is -0.381 e. The van der Waals surface area contributed by atoms with Crippen molar-refractivity contribution in [3.63, 3.8) is 0 Å². The highest BCUT2D eigenvalue weighted by Crippen LogP contribution is 2.39. The van der Waals surface area contributed by atoms with Crippen LogP contribution in [-0.2, 0) is 26.4 Å². The molecule has 2 aliphatic heterocycles. The topological polar surface area (TPSA) is 136 Å². The second-order valence-corrected chi connectivity index (χ2v) is 7.55. The maximum atomic E-state index is 13.2. The number of carbonyl (C=O) groups is 2. The molecule has 10 nitrogen and oxygen atoms in total. The standard InChI is InChI=1S/C19H24N6O4/c1-24-16(27)15(26)19(17(20)28,25-9-8-21-23-25)22-18(24,14-7-10-29-12-14)11-13-5-3-2-4-6-13/h2-6,8-9,14-15,22,26H,7,10-12H2,1H3,(H2,20,28). The zero-order chi connectivity index (χ0) is 20.6. The van der Waals surface area contributed by atoms with E-state index >= 15 is 0 Å². The molecule has 29 heavy (non-hydrogen) atoms. The van der Waals surface area contributed by atoms with Gasteiger partial charge in [-0.2, -0.15) is 0 Å². The first-order valence-electron chi connectivity index (χ1n) is 9.45. The lowest BCUT2D eigenvalue weighted by Crippen LogP contribution is -2.83. The van der Waals surface area contributed by atoms with Crippen LogP contribution in [0.3, 0.4) is 0 Å². The van der Waals surface area contributed by atoms with Crippen molar-refractivity contribution in [2.24, 2.45) is 11.7 Å². The van der Waals surface area contributed by atoms with E-state index in [0.717, 1.165) is 10.2 Å². The Morgan fingerprint density at radius 3 is 2.76 bits per heavy atom. The van der Waals surface area contributed by atoms with Gasteiger partial charge in [-0.1, -0.05) is 35.5 Å². The third kappa shape index (κ3) is 2.91. The van der Waals surface area contributed by atoms with Gasteiger partial charge >= 0.3 is 0 Å². The molecule has 1 aromatic heterocycles. The molecule has 0 radical (unpaired) electrons. The summed E-state index contributed by atoms with van der Waals surface area (Å²) in [5.74, 6) is -1.68. The maximum absolute atomic E-state index is 13.2. The summed E-state index contributed by atoms with van der Waals surface area (Å²) in [5, 5.41) is 21.8. The van der Waals surface area contributed by atoms with Gasteiger partial charge in [0.25, 0.3) is 11.8 Å². The fraction of sp³-hybridized carbons (Fsp3) is 0.474. The first-order valence-corrected chi connectivity index (χ1v) is 9.45. The van der Waals surface area contributed by atoms with E-state index in [-0.39, 0.29) is 5.92 Å². The summed E-state index contributed by atoms with van der Waals surface area (Å²) in [6.07, 6.45) is 2.07. The molecule has 2 saturated heterocycles. The van der Waals surface area contributed by atoms with Gasteiger partial charge in [0, 0.05) is 32.2 Å². The van der Waals surface area contributed by atoms with Crippen LogP contribution in [0.25, 0.3) is 0 Å². The highest BCUT2D eigenvalue weighted by Gasteiger charge is 2.63. The summed E-state index contributed by atoms with van der Waals surface area (Å²) in [6, 6.07) is 9.62. The van der Waals surface area contributed by atoms with E-state index in [1.165, 1.54) is 17.3 Å². The summed E-state index contributed by atoms with van der Waals surface area (Å²) >= 11 is 0. The number of amides is 2. The second kappa shape index (κ2) is 7.21. The van der Waals surface area contributed by atoms with Gasteiger partial charge in [-0.25, -0.2) is 4.68 Å². The van der Waals surface area contributed by atoms with E-state index in [1.54, 1.807) is 7.05 Å². The van der Waals surface area contributed by atoms with Crippen LogP contribution in [-0.4, -0.2) is 68.8 Å². The van der Waals surface area contributed by atoms with E-state index < -0.39 is 29.2 Å². The third-order valence-electron chi connectivity index (χ3n) is 6.05. The number of aliphatic hydroxyl groups is 1. The lowest BCUT2D eigenvalue weighted by atomic mass is 9.79. The molecule has 0 spiro atoms. The van der Waals surface area contributed by atoms with E-state index in [4.69, 9.17) is 10.5 Å². The number of carbonyl (C=O) groups excluding carboxylic acids is 2. The summed E-state index contributed by atoms with van der Waals surface area (Å²) in [4.78, 5) is 27.4. The molecule has 2 aromatic rings. The Morgan fingerprint density at radius 2 is 2.17 bits per heavy atom. The summed E-state index contributed by atoms with van der Waals surface area (Å²) < 4.78 is 6.74. The molecule has 4 N–H and O–H groups in total. The highest BCUT2D eigenvalue weighted by atomic mass is 16.5. The van der Waals surface area contributed by atoms with Crippen LogP contribution < -0.4 is 11.1 Å². The fourth-order valence-corrected chi connectivity index (χ4v) is 4.43. The molecule has 4 rings (SSSR count). The van der Waals surface area contributed by atoms with Crippen molar-refractivity contribution in [3.8, 4) is 0 Å². The van der Waals surface area contributed by atoms with Crippen LogP contribution in [0.2, 0.25) is 0 Å². The van der Waals surface area contributed by atoms with Crippen molar-refractivity contribution in [2.75, 3.05) is 20.3 Å². The normalized spacial score (nSPS) is 32.5. The van der Waals surface area contributed by atoms with Crippen LogP contribution in [0, 0.1) is 5.92 Å². The minimum absolute atomic E-state index is 0.133. The van der Waals surface area contributed by atoms with Gasteiger partial charge in [-0.05, 0) is 12.0 Å². The number of benzene rings is 1. The van der Waals surface area contributed by atoms with Crippen molar-refractivity contribution < 1.29 is 19.4 Å². The molecule has 0 bridgehead atoms. The van der Waals surface area contributed by atoms with E-state index in [9.17, 15) is 14.7 Å². The first kappa shape index (κ1) is 19.5. The van der Waals surface area contributed by atoms with Crippen LogP contribution in [0.4, 0.5) is 0 Å². The number of primary amides is 1. The summed E-state index contributed by atoms with van der Waals surface area (Å²) in [6.45, 7) is 0.945. The first-order chi connectivity index (χ1) is 13.9. The molecule has 2 aliphatic rings. The van der Waals surface area contributed by atoms with Crippen LogP contribution >= 0.6 is 0 Å². The minimum atomic E-state index is -1.97. The lowest BCUT2D eigenvalue weighted by molar-refractivity contribution is -0.186. The number of nitrogens with two attached hydrogens (primary N) is 1. The number of hydrogen-bond acceptors (Lipinski definition) is 7. The Morgan fingerprint density at radius 1 is 1.41 bits per heavy atom. The fourth-order valence-electron chi connectivity index (χ4n) is 4.43. The Balaban J connectivity index is 1.89. The average Bonchev–Trinajstić information content (AvgIpc) is 3.44. The van der Waals surface area contributed by atoms with Gasteiger partial charge in [-0.15, -0.1) is 5.10 Å². The summed E-state index contributed by atoms with van der Waals surface area (Å²) in [7, 11) is 1.62. The highest BCUT2D eigenvalue weighted by molar-refractivity contribution is 5.94. The number of aliphatic hydroxyl groups excluding tert-OH is 1. The monoisotopic (exact) mass is 400 g/mol. The SMILES string of the molecule is CN1C(=O)C(O)C(C(N)=O)(n2ccnn2)NC1(Cc1ccccc1)C1CCOC1. The molecule has 1 aromatic carbocycles. The Kier molecular flexibility index (Phi) is 4.85. The van der Waals surface area contributed by atoms with Gasteiger partial charge in [0.2, 0.25) is 5.66 Å². The summed E-state index contributed by atoms with van der Waals surface area (Å²) in [5.41, 5.74) is 3.70. The number of aromatic nitrogens is 3. The lowest BCUT2D eigenvalue weighted by Gasteiger charge is -2.56. The Bertz CT molecular complexity index is 885. The molecule has 2 amide bonds. The van der Waals surface area contributed by atoms with Gasteiger partial charge in [0.1, 0.15) is 5.66 Å². The number of nitrogens with zero attached hydrogens (tertiary/aromatic N) is 4. The molecule has 154 valence electrons. The number of likely N-dealkylation sites (N-methyl/N-ethyl adjacent to an activating group) is 1. The van der Waals surface area contributed by atoms with Crippen molar-refractivity contribution in [2.45, 2.75) is 30.3 Å².